The fraction of sp³-hybridized carbons (Fsp3) is 0.353. The average Bonchev–Trinajstić information content (AvgIpc) is 2.60. The van der Waals surface area contributed by atoms with Crippen LogP contribution >= 0.6 is 0 Å². The Labute approximate surface area is 114 Å². The highest BCUT2D eigenvalue weighted by Gasteiger charge is 2.31. The number of fused-ring (bicyclic) bond motifs is 1. The standard InChI is InChI=1S/C17H20N2/c18-17(12-14-6-5-11-19-13-14)10-4-3-8-15-7-1-2-9-16(15)17/h1-2,5-7,9,11,13H,3-4,8,10,12,18H2. The molecule has 0 bridgehead atoms. The van der Waals surface area contributed by atoms with Crippen LogP contribution in [0.25, 0.3) is 0 Å². The summed E-state index contributed by atoms with van der Waals surface area (Å²) < 4.78 is 0. The first-order valence-corrected chi connectivity index (χ1v) is 7.04. The van der Waals surface area contributed by atoms with Crippen molar-refractivity contribution in [1.82, 2.24) is 4.98 Å². The number of nitrogens with two attached hydrogens (primary N) is 1. The van der Waals surface area contributed by atoms with Gasteiger partial charge in [0.2, 0.25) is 0 Å². The Balaban J connectivity index is 1.98. The van der Waals surface area contributed by atoms with E-state index in [1.807, 2.05) is 18.5 Å². The van der Waals surface area contributed by atoms with Crippen molar-refractivity contribution in [3.05, 3.63) is 65.5 Å². The van der Waals surface area contributed by atoms with Gasteiger partial charge in [-0.2, -0.15) is 0 Å². The van der Waals surface area contributed by atoms with Crippen LogP contribution in [0.4, 0.5) is 0 Å². The number of rotatable bonds is 2. The first kappa shape index (κ1) is 12.4. The Morgan fingerprint density at radius 1 is 1.11 bits per heavy atom. The van der Waals surface area contributed by atoms with E-state index < -0.39 is 0 Å². The molecular formula is C17H20N2. The van der Waals surface area contributed by atoms with Gasteiger partial charge in [-0.3, -0.25) is 4.98 Å². The smallest absolute Gasteiger partial charge is 0.0453 e. The maximum absolute atomic E-state index is 6.77. The molecule has 0 spiro atoms. The molecule has 2 aromatic rings. The highest BCUT2D eigenvalue weighted by molar-refractivity contribution is 5.36. The number of nitrogens with zero attached hydrogens (tertiary/aromatic N) is 1. The number of aromatic nitrogens is 1. The quantitative estimate of drug-likeness (QED) is 0.834. The third-order valence-corrected chi connectivity index (χ3v) is 4.12. The van der Waals surface area contributed by atoms with Crippen LogP contribution in [0.3, 0.4) is 0 Å². The summed E-state index contributed by atoms with van der Waals surface area (Å²) in [6.45, 7) is 0. The number of aryl methyl sites for hydroxylation is 1. The van der Waals surface area contributed by atoms with Crippen LogP contribution in [0.2, 0.25) is 0 Å². The zero-order valence-corrected chi connectivity index (χ0v) is 11.2. The van der Waals surface area contributed by atoms with Crippen LogP contribution in [0.5, 0.6) is 0 Å². The van der Waals surface area contributed by atoms with Crippen molar-refractivity contribution in [2.24, 2.45) is 5.73 Å². The predicted octanol–water partition coefficient (Wildman–Crippen LogP) is 3.20. The van der Waals surface area contributed by atoms with Crippen molar-refractivity contribution in [3.63, 3.8) is 0 Å². The molecule has 0 saturated heterocycles. The molecule has 2 N–H and O–H groups in total. The molecule has 19 heavy (non-hydrogen) atoms. The number of benzene rings is 1. The molecule has 1 unspecified atom stereocenters. The lowest BCUT2D eigenvalue weighted by Gasteiger charge is -2.30. The van der Waals surface area contributed by atoms with Crippen LogP contribution in [-0.2, 0) is 18.4 Å². The summed E-state index contributed by atoms with van der Waals surface area (Å²) in [5.74, 6) is 0. The highest BCUT2D eigenvalue weighted by atomic mass is 14.7. The summed E-state index contributed by atoms with van der Waals surface area (Å²) in [5.41, 5.74) is 10.5. The van der Waals surface area contributed by atoms with E-state index in [9.17, 15) is 0 Å². The molecular weight excluding hydrogens is 232 g/mol. The SMILES string of the molecule is NC1(Cc2cccnc2)CCCCc2ccccc21. The fourth-order valence-electron chi connectivity index (χ4n) is 3.17. The zero-order valence-electron chi connectivity index (χ0n) is 11.2. The van der Waals surface area contributed by atoms with Gasteiger partial charge in [0.1, 0.15) is 0 Å². The fourth-order valence-corrected chi connectivity index (χ4v) is 3.17. The third-order valence-electron chi connectivity index (χ3n) is 4.12. The summed E-state index contributed by atoms with van der Waals surface area (Å²) >= 11 is 0. The Morgan fingerprint density at radius 3 is 2.84 bits per heavy atom. The lowest BCUT2D eigenvalue weighted by atomic mass is 9.81. The van der Waals surface area contributed by atoms with E-state index in [0.29, 0.717) is 0 Å². The van der Waals surface area contributed by atoms with E-state index in [2.05, 4.69) is 35.3 Å². The Morgan fingerprint density at radius 2 is 2.00 bits per heavy atom. The van der Waals surface area contributed by atoms with E-state index in [4.69, 9.17) is 5.73 Å². The number of hydrogen-bond acceptors (Lipinski definition) is 2. The van der Waals surface area contributed by atoms with Gasteiger partial charge in [0.25, 0.3) is 0 Å². The first-order valence-electron chi connectivity index (χ1n) is 7.04. The third kappa shape index (κ3) is 2.54. The van der Waals surface area contributed by atoms with Crippen molar-refractivity contribution in [2.45, 2.75) is 37.6 Å². The molecule has 98 valence electrons. The molecule has 2 heteroatoms. The molecule has 0 radical (unpaired) electrons. The van der Waals surface area contributed by atoms with Gasteiger partial charge >= 0.3 is 0 Å². The molecule has 0 aliphatic heterocycles. The average molecular weight is 252 g/mol. The van der Waals surface area contributed by atoms with E-state index in [0.717, 1.165) is 19.3 Å². The van der Waals surface area contributed by atoms with Crippen LogP contribution < -0.4 is 5.73 Å². The molecule has 2 nitrogen and oxygen atoms in total. The van der Waals surface area contributed by atoms with Crippen molar-refractivity contribution in [3.8, 4) is 0 Å². The molecule has 1 aliphatic rings. The maximum Gasteiger partial charge on any atom is 0.0453 e. The number of pyridine rings is 1. The van der Waals surface area contributed by atoms with E-state index in [-0.39, 0.29) is 5.54 Å². The molecule has 1 atom stereocenters. The summed E-state index contributed by atoms with van der Waals surface area (Å²) in [4.78, 5) is 4.21. The van der Waals surface area contributed by atoms with Crippen molar-refractivity contribution >= 4 is 0 Å². The van der Waals surface area contributed by atoms with Crippen LogP contribution in [-0.4, -0.2) is 4.98 Å². The Hall–Kier alpha value is -1.67. The van der Waals surface area contributed by atoms with E-state index in [1.54, 1.807) is 0 Å². The van der Waals surface area contributed by atoms with Gasteiger partial charge in [-0.15, -0.1) is 0 Å². The topological polar surface area (TPSA) is 38.9 Å². The van der Waals surface area contributed by atoms with Crippen molar-refractivity contribution in [2.75, 3.05) is 0 Å². The van der Waals surface area contributed by atoms with E-state index >= 15 is 0 Å². The van der Waals surface area contributed by atoms with Crippen LogP contribution in [0.1, 0.15) is 36.0 Å². The van der Waals surface area contributed by atoms with Gasteiger partial charge in [0, 0.05) is 17.9 Å². The number of hydrogen-bond donors (Lipinski definition) is 1. The molecule has 0 saturated carbocycles. The minimum Gasteiger partial charge on any atom is -0.321 e. The predicted molar refractivity (Wildman–Crippen MR) is 77.8 cm³/mol. The summed E-state index contributed by atoms with van der Waals surface area (Å²) in [6, 6.07) is 12.8. The lowest BCUT2D eigenvalue weighted by Crippen LogP contribution is -2.39. The van der Waals surface area contributed by atoms with Crippen LogP contribution in [0.15, 0.2) is 48.8 Å². The van der Waals surface area contributed by atoms with Crippen LogP contribution in [0, 0.1) is 0 Å². The molecule has 3 rings (SSSR count). The van der Waals surface area contributed by atoms with Gasteiger partial charge in [-0.25, -0.2) is 0 Å². The summed E-state index contributed by atoms with van der Waals surface area (Å²) in [6.07, 6.45) is 9.27. The van der Waals surface area contributed by atoms with Gasteiger partial charge in [-0.1, -0.05) is 36.8 Å². The largest absolute Gasteiger partial charge is 0.321 e. The van der Waals surface area contributed by atoms with Crippen molar-refractivity contribution < 1.29 is 0 Å². The molecule has 0 fully saturated rings. The summed E-state index contributed by atoms with van der Waals surface area (Å²) in [5, 5.41) is 0. The monoisotopic (exact) mass is 252 g/mol. The minimum atomic E-state index is -0.240. The normalized spacial score (nSPS) is 22.6. The van der Waals surface area contributed by atoms with Gasteiger partial charge < -0.3 is 5.73 Å². The lowest BCUT2D eigenvalue weighted by molar-refractivity contribution is 0.398. The molecule has 0 amide bonds. The summed E-state index contributed by atoms with van der Waals surface area (Å²) in [7, 11) is 0. The Kier molecular flexibility index (Phi) is 3.34. The van der Waals surface area contributed by atoms with Gasteiger partial charge in [0.05, 0.1) is 0 Å². The second-order valence-electron chi connectivity index (χ2n) is 5.56. The molecule has 1 aromatic carbocycles. The maximum atomic E-state index is 6.77. The zero-order chi connectivity index (χ0) is 13.1. The van der Waals surface area contributed by atoms with Gasteiger partial charge in [0.15, 0.2) is 0 Å². The van der Waals surface area contributed by atoms with E-state index in [1.165, 1.54) is 29.5 Å². The highest BCUT2D eigenvalue weighted by Crippen LogP contribution is 2.34. The molecule has 1 heterocycles. The second-order valence-corrected chi connectivity index (χ2v) is 5.56. The Bertz CT molecular complexity index is 550. The second kappa shape index (κ2) is 5.14. The molecule has 1 aliphatic carbocycles. The van der Waals surface area contributed by atoms with Gasteiger partial charge in [-0.05, 0) is 48.4 Å². The molecule has 1 aromatic heterocycles. The van der Waals surface area contributed by atoms with Crippen molar-refractivity contribution in [1.29, 1.82) is 0 Å². The minimum absolute atomic E-state index is 0.240. The first-order chi connectivity index (χ1) is 9.28.